The molecule has 9 heteroatoms. The van der Waals surface area contributed by atoms with Crippen LogP contribution in [-0.2, 0) is 11.3 Å². The van der Waals surface area contributed by atoms with Crippen LogP contribution < -0.4 is 10.6 Å². The molecule has 0 aliphatic heterocycles. The number of imide groups is 1. The van der Waals surface area contributed by atoms with E-state index in [9.17, 15) is 14.0 Å². The van der Waals surface area contributed by atoms with Gasteiger partial charge in [0.2, 0.25) is 5.91 Å². The van der Waals surface area contributed by atoms with E-state index in [2.05, 4.69) is 20.8 Å². The number of thioether (sulfide) groups is 1. The standard InChI is InChI=1S/C25H22FN5O2S/c1-27-24(33)28-23(32)21(18-12-6-3-7-13-18)34-25-30-29-22(19-14-8-9-15-20(19)26)31(25)16-17-10-4-2-5-11-17/h2-15,21H,16H2,1H3,(H2,27,28,32,33)/t21-/m0/s1. The minimum absolute atomic E-state index is 0.309. The molecule has 0 spiro atoms. The van der Waals surface area contributed by atoms with Crippen LogP contribution in [0.2, 0.25) is 0 Å². The molecule has 0 unspecified atom stereocenters. The molecule has 1 aromatic heterocycles. The fourth-order valence-corrected chi connectivity index (χ4v) is 4.41. The Kier molecular flexibility index (Phi) is 7.34. The van der Waals surface area contributed by atoms with Crippen LogP contribution in [0, 0.1) is 5.82 Å². The van der Waals surface area contributed by atoms with Crippen molar-refractivity contribution in [2.75, 3.05) is 7.05 Å². The highest BCUT2D eigenvalue weighted by Gasteiger charge is 2.27. The summed E-state index contributed by atoms with van der Waals surface area (Å²) < 4.78 is 16.4. The molecule has 0 saturated heterocycles. The van der Waals surface area contributed by atoms with Gasteiger partial charge in [0, 0.05) is 7.05 Å². The van der Waals surface area contributed by atoms with E-state index in [1.54, 1.807) is 34.9 Å². The van der Waals surface area contributed by atoms with Crippen LogP contribution >= 0.6 is 11.8 Å². The predicted molar refractivity (Wildman–Crippen MR) is 129 cm³/mol. The highest BCUT2D eigenvalue weighted by atomic mass is 32.2. The number of nitrogens with zero attached hydrogens (tertiary/aromatic N) is 3. The van der Waals surface area contributed by atoms with Gasteiger partial charge in [-0.3, -0.25) is 14.7 Å². The Bertz CT molecular complexity index is 1280. The smallest absolute Gasteiger partial charge is 0.321 e. The Morgan fingerprint density at radius 1 is 0.941 bits per heavy atom. The molecular weight excluding hydrogens is 453 g/mol. The van der Waals surface area contributed by atoms with E-state index in [1.807, 2.05) is 48.5 Å². The summed E-state index contributed by atoms with van der Waals surface area (Å²) in [5.41, 5.74) is 1.97. The third-order valence-electron chi connectivity index (χ3n) is 5.04. The molecule has 34 heavy (non-hydrogen) atoms. The summed E-state index contributed by atoms with van der Waals surface area (Å²) in [6.07, 6.45) is 0. The minimum Gasteiger partial charge on any atom is -0.341 e. The zero-order chi connectivity index (χ0) is 23.9. The number of carbonyl (C=O) groups excluding carboxylic acids is 2. The van der Waals surface area contributed by atoms with E-state index in [1.165, 1.54) is 13.1 Å². The van der Waals surface area contributed by atoms with Crippen LogP contribution in [0.1, 0.15) is 16.4 Å². The van der Waals surface area contributed by atoms with Crippen molar-refractivity contribution >= 4 is 23.7 Å². The summed E-state index contributed by atoms with van der Waals surface area (Å²) in [4.78, 5) is 24.8. The normalized spacial score (nSPS) is 11.6. The highest BCUT2D eigenvalue weighted by Crippen LogP contribution is 2.36. The van der Waals surface area contributed by atoms with Gasteiger partial charge in [0.1, 0.15) is 11.1 Å². The van der Waals surface area contributed by atoms with Gasteiger partial charge in [-0.15, -0.1) is 10.2 Å². The number of halogens is 1. The van der Waals surface area contributed by atoms with E-state index < -0.39 is 23.0 Å². The molecule has 4 aromatic rings. The molecule has 2 N–H and O–H groups in total. The lowest BCUT2D eigenvalue weighted by atomic mass is 10.1. The number of urea groups is 1. The summed E-state index contributed by atoms with van der Waals surface area (Å²) in [6, 6.07) is 24.5. The van der Waals surface area contributed by atoms with Crippen LogP contribution in [-0.4, -0.2) is 33.8 Å². The number of rotatable bonds is 7. The Balaban J connectivity index is 1.76. The number of benzene rings is 3. The molecule has 7 nitrogen and oxygen atoms in total. The van der Waals surface area contributed by atoms with Crippen molar-refractivity contribution in [2.24, 2.45) is 0 Å². The van der Waals surface area contributed by atoms with Crippen LogP contribution in [0.15, 0.2) is 90.1 Å². The number of amides is 3. The Morgan fingerprint density at radius 2 is 1.59 bits per heavy atom. The van der Waals surface area contributed by atoms with E-state index in [-0.39, 0.29) is 0 Å². The predicted octanol–water partition coefficient (Wildman–Crippen LogP) is 4.42. The van der Waals surface area contributed by atoms with E-state index in [4.69, 9.17) is 0 Å². The Morgan fingerprint density at radius 3 is 2.26 bits per heavy atom. The van der Waals surface area contributed by atoms with Gasteiger partial charge in [0.15, 0.2) is 11.0 Å². The first-order chi connectivity index (χ1) is 16.6. The highest BCUT2D eigenvalue weighted by molar-refractivity contribution is 8.00. The number of nitrogens with one attached hydrogen (secondary N) is 2. The average Bonchev–Trinajstić information content (AvgIpc) is 3.25. The molecule has 0 radical (unpaired) electrons. The largest absolute Gasteiger partial charge is 0.341 e. The van der Waals surface area contributed by atoms with Crippen LogP contribution in [0.5, 0.6) is 0 Å². The lowest BCUT2D eigenvalue weighted by Gasteiger charge is -2.17. The fourth-order valence-electron chi connectivity index (χ4n) is 3.37. The van der Waals surface area contributed by atoms with Crippen molar-refractivity contribution in [1.82, 2.24) is 25.4 Å². The fraction of sp³-hybridized carbons (Fsp3) is 0.120. The van der Waals surface area contributed by atoms with Crippen molar-refractivity contribution in [3.8, 4) is 11.4 Å². The maximum atomic E-state index is 14.6. The number of aromatic nitrogens is 3. The van der Waals surface area contributed by atoms with Gasteiger partial charge in [-0.1, -0.05) is 84.6 Å². The second-order valence-electron chi connectivity index (χ2n) is 7.33. The second kappa shape index (κ2) is 10.8. The molecule has 0 aliphatic rings. The first-order valence-corrected chi connectivity index (χ1v) is 11.4. The lowest BCUT2D eigenvalue weighted by molar-refractivity contribution is -0.119. The molecule has 4 rings (SSSR count). The van der Waals surface area contributed by atoms with Gasteiger partial charge >= 0.3 is 6.03 Å². The lowest BCUT2D eigenvalue weighted by Crippen LogP contribution is -2.39. The third kappa shape index (κ3) is 5.32. The SMILES string of the molecule is CNC(=O)NC(=O)[C@@H](Sc1nnc(-c2ccccc2F)n1Cc1ccccc1)c1ccccc1. The molecule has 3 amide bonds. The number of carbonyl (C=O) groups is 2. The van der Waals surface area contributed by atoms with Crippen molar-refractivity contribution in [1.29, 1.82) is 0 Å². The average molecular weight is 476 g/mol. The number of hydrogen-bond acceptors (Lipinski definition) is 5. The van der Waals surface area contributed by atoms with Crippen molar-refractivity contribution in [2.45, 2.75) is 17.0 Å². The topological polar surface area (TPSA) is 88.9 Å². The van der Waals surface area contributed by atoms with Crippen molar-refractivity contribution in [3.63, 3.8) is 0 Å². The summed E-state index contributed by atoms with van der Waals surface area (Å²) in [7, 11) is 1.43. The van der Waals surface area contributed by atoms with Crippen LogP contribution in [0.3, 0.4) is 0 Å². The molecule has 172 valence electrons. The molecule has 0 fully saturated rings. The summed E-state index contributed by atoms with van der Waals surface area (Å²) in [5.74, 6) is -0.571. The van der Waals surface area contributed by atoms with Crippen LogP contribution in [0.25, 0.3) is 11.4 Å². The Labute approximate surface area is 200 Å². The second-order valence-corrected chi connectivity index (χ2v) is 8.41. The summed E-state index contributed by atoms with van der Waals surface area (Å²) in [6.45, 7) is 0.373. The van der Waals surface area contributed by atoms with Gasteiger partial charge in [0.25, 0.3) is 0 Å². The molecule has 0 bridgehead atoms. The zero-order valence-corrected chi connectivity index (χ0v) is 19.1. The van der Waals surface area contributed by atoms with Crippen molar-refractivity contribution < 1.29 is 14.0 Å². The molecule has 1 heterocycles. The van der Waals surface area contributed by atoms with E-state index in [0.717, 1.165) is 17.3 Å². The van der Waals surface area contributed by atoms with E-state index >= 15 is 0 Å². The Hall–Kier alpha value is -3.98. The van der Waals surface area contributed by atoms with Gasteiger partial charge in [-0.05, 0) is 23.3 Å². The number of hydrogen-bond donors (Lipinski definition) is 2. The van der Waals surface area contributed by atoms with Gasteiger partial charge in [-0.2, -0.15) is 0 Å². The zero-order valence-electron chi connectivity index (χ0n) is 18.3. The minimum atomic E-state index is -0.786. The molecular formula is C25H22FN5O2S. The van der Waals surface area contributed by atoms with Crippen molar-refractivity contribution in [3.05, 3.63) is 102 Å². The maximum Gasteiger partial charge on any atom is 0.321 e. The van der Waals surface area contributed by atoms with E-state index in [0.29, 0.717) is 28.7 Å². The maximum absolute atomic E-state index is 14.6. The molecule has 0 aliphatic carbocycles. The first-order valence-electron chi connectivity index (χ1n) is 10.5. The van der Waals surface area contributed by atoms with Gasteiger partial charge < -0.3 is 5.32 Å². The quantitative estimate of drug-likeness (QED) is 0.386. The van der Waals surface area contributed by atoms with Crippen LogP contribution in [0.4, 0.5) is 9.18 Å². The molecule has 3 aromatic carbocycles. The summed E-state index contributed by atoms with van der Waals surface area (Å²) >= 11 is 1.14. The molecule has 0 saturated carbocycles. The monoisotopic (exact) mass is 475 g/mol. The van der Waals surface area contributed by atoms with Gasteiger partial charge in [0.05, 0.1) is 12.1 Å². The summed E-state index contributed by atoms with van der Waals surface area (Å²) in [5, 5.41) is 12.9. The first kappa shape index (κ1) is 23.2. The molecule has 1 atom stereocenters. The van der Waals surface area contributed by atoms with Gasteiger partial charge in [-0.25, -0.2) is 9.18 Å². The third-order valence-corrected chi connectivity index (χ3v) is 6.28.